The van der Waals surface area contributed by atoms with Gasteiger partial charge in [-0.25, -0.2) is 9.55 Å². The zero-order chi connectivity index (χ0) is 24.1. The number of ether oxygens (including phenoxy) is 2. The summed E-state index contributed by atoms with van der Waals surface area (Å²) in [5, 5.41) is 0. The maximum atomic E-state index is 6.39. The molecule has 0 unspecified atom stereocenters. The van der Waals surface area contributed by atoms with Crippen LogP contribution in [0.5, 0.6) is 23.3 Å². The van der Waals surface area contributed by atoms with Gasteiger partial charge in [-0.05, 0) is 47.3 Å². The van der Waals surface area contributed by atoms with E-state index >= 15 is 0 Å². The summed E-state index contributed by atoms with van der Waals surface area (Å²) >= 11 is 0. The van der Waals surface area contributed by atoms with E-state index in [1.807, 2.05) is 71.3 Å². The number of aromatic nitrogens is 5. The summed E-state index contributed by atoms with van der Waals surface area (Å²) in [7, 11) is 0. The summed E-state index contributed by atoms with van der Waals surface area (Å²) in [6.45, 7) is -0.0654. The minimum absolute atomic E-state index is 0.0654. The molecule has 5 heterocycles. The Hall–Kier alpha value is -5.11. The fraction of sp³-hybridized carbons (Fsp3) is 0. The van der Waals surface area contributed by atoms with Crippen molar-refractivity contribution in [2.24, 2.45) is 0 Å². The molecule has 4 aromatic carbocycles. The number of hydrogen-bond donors (Lipinski definition) is 0. The van der Waals surface area contributed by atoms with Gasteiger partial charge in [0.05, 0.1) is 27.5 Å². The van der Waals surface area contributed by atoms with Crippen molar-refractivity contribution < 1.29 is 9.47 Å². The minimum atomic E-state index is -0.0654. The first-order valence-corrected chi connectivity index (χ1v) is 12.2. The quantitative estimate of drug-likeness (QED) is 0.335. The highest BCUT2D eigenvalue weighted by Crippen LogP contribution is 2.34. The first kappa shape index (κ1) is 19.1. The lowest BCUT2D eigenvalue weighted by Crippen LogP contribution is -2.58. The topological polar surface area (TPSA) is 66.5 Å². The van der Waals surface area contributed by atoms with Gasteiger partial charge in [-0.1, -0.05) is 60.7 Å². The Morgan fingerprint density at radius 1 is 0.568 bits per heavy atom. The van der Waals surface area contributed by atoms with Gasteiger partial charge >= 0.3 is 0 Å². The Morgan fingerprint density at radius 3 is 1.84 bits per heavy atom. The van der Waals surface area contributed by atoms with Crippen molar-refractivity contribution in [1.82, 2.24) is 23.9 Å². The first-order chi connectivity index (χ1) is 18.3. The van der Waals surface area contributed by atoms with Gasteiger partial charge in [0.25, 0.3) is 6.71 Å². The van der Waals surface area contributed by atoms with Crippen LogP contribution in [0.15, 0.2) is 97.1 Å². The Bertz CT molecular complexity index is 2010. The Kier molecular flexibility index (Phi) is 3.50. The third kappa shape index (κ3) is 2.44. The van der Waals surface area contributed by atoms with Crippen LogP contribution in [0.2, 0.25) is 0 Å². The SMILES string of the molecule is c1ccc2c(c1)Oc1nc(-n3c4ccccc4n4c5ccccc5nc34)nc3c1B2c1ccccc1O3. The monoisotopic (exact) mass is 477 g/mol. The predicted molar refractivity (Wildman–Crippen MR) is 143 cm³/mol. The van der Waals surface area contributed by atoms with Gasteiger partial charge in [0, 0.05) is 0 Å². The fourth-order valence-electron chi connectivity index (χ4n) is 5.78. The van der Waals surface area contributed by atoms with Crippen LogP contribution in [-0.2, 0) is 0 Å². The van der Waals surface area contributed by atoms with Crippen molar-refractivity contribution in [3.8, 4) is 29.2 Å². The highest BCUT2D eigenvalue weighted by atomic mass is 16.5. The van der Waals surface area contributed by atoms with Crippen LogP contribution in [0.25, 0.3) is 33.8 Å². The van der Waals surface area contributed by atoms with Crippen molar-refractivity contribution in [3.05, 3.63) is 97.1 Å². The lowest BCUT2D eigenvalue weighted by Gasteiger charge is -2.31. The zero-order valence-corrected chi connectivity index (χ0v) is 19.4. The Balaban J connectivity index is 1.37. The molecule has 0 spiro atoms. The van der Waals surface area contributed by atoms with Gasteiger partial charge < -0.3 is 9.47 Å². The molecular weight excluding hydrogens is 461 g/mol. The molecule has 0 bridgehead atoms. The Labute approximate surface area is 210 Å². The molecule has 2 aliphatic heterocycles. The number of rotatable bonds is 1. The van der Waals surface area contributed by atoms with Crippen LogP contribution >= 0.6 is 0 Å². The van der Waals surface area contributed by atoms with Crippen LogP contribution in [-0.4, -0.2) is 30.6 Å². The summed E-state index contributed by atoms with van der Waals surface area (Å²) in [5.41, 5.74) is 6.92. The molecule has 8 heteroatoms. The number of hydrogen-bond acceptors (Lipinski definition) is 5. The first-order valence-electron chi connectivity index (χ1n) is 12.2. The largest absolute Gasteiger partial charge is 0.440 e. The second kappa shape index (κ2) is 6.76. The van der Waals surface area contributed by atoms with Crippen molar-refractivity contribution in [2.75, 3.05) is 0 Å². The van der Waals surface area contributed by atoms with E-state index in [1.165, 1.54) is 0 Å². The second-order valence-electron chi connectivity index (χ2n) is 9.32. The fourth-order valence-corrected chi connectivity index (χ4v) is 5.78. The van der Waals surface area contributed by atoms with Crippen LogP contribution in [0.3, 0.4) is 0 Å². The van der Waals surface area contributed by atoms with Crippen molar-refractivity contribution in [3.63, 3.8) is 0 Å². The van der Waals surface area contributed by atoms with E-state index in [1.54, 1.807) is 0 Å². The molecular formula is C29H16BN5O2. The molecule has 0 N–H and O–H groups in total. The third-order valence-electron chi connectivity index (χ3n) is 7.33. The molecule has 0 fully saturated rings. The molecule has 7 aromatic rings. The Morgan fingerprint density at radius 2 is 1.14 bits per heavy atom. The maximum Gasteiger partial charge on any atom is 0.265 e. The van der Waals surface area contributed by atoms with Crippen molar-refractivity contribution in [1.29, 1.82) is 0 Å². The molecule has 3 aromatic heterocycles. The molecule has 2 aliphatic rings. The second-order valence-corrected chi connectivity index (χ2v) is 9.32. The molecule has 0 amide bonds. The van der Waals surface area contributed by atoms with Gasteiger partial charge in [-0.3, -0.25) is 4.40 Å². The molecule has 37 heavy (non-hydrogen) atoms. The van der Waals surface area contributed by atoms with E-state index in [-0.39, 0.29) is 6.71 Å². The normalized spacial score (nSPS) is 13.2. The van der Waals surface area contributed by atoms with Gasteiger partial charge in [-0.15, -0.1) is 0 Å². The van der Waals surface area contributed by atoms with E-state index < -0.39 is 0 Å². The molecule has 9 rings (SSSR count). The lowest BCUT2D eigenvalue weighted by molar-refractivity contribution is 0.437. The van der Waals surface area contributed by atoms with E-state index in [4.69, 9.17) is 24.4 Å². The van der Waals surface area contributed by atoms with Gasteiger partial charge in [0.1, 0.15) is 11.5 Å². The van der Waals surface area contributed by atoms with Crippen molar-refractivity contribution >= 4 is 50.9 Å². The predicted octanol–water partition coefficient (Wildman–Crippen LogP) is 3.95. The summed E-state index contributed by atoms with van der Waals surface area (Å²) in [6, 6.07) is 32.5. The average molecular weight is 477 g/mol. The van der Waals surface area contributed by atoms with Gasteiger partial charge in [-0.2, -0.15) is 9.97 Å². The van der Waals surface area contributed by atoms with Crippen LogP contribution in [0, 0.1) is 0 Å². The standard InChI is InChI=1S/C29H16BN5O2/c1-7-15-23-17(9-1)30-18-10-2-8-16-24(18)37-27-25(30)26(36-23)32-28(33-27)35-22-14-6-5-13-21(22)34-20-12-4-3-11-19(20)31-29(34)35/h1-16H. The lowest BCUT2D eigenvalue weighted by atomic mass is 9.35. The van der Waals surface area contributed by atoms with Gasteiger partial charge in [0.15, 0.2) is 0 Å². The summed E-state index contributed by atoms with van der Waals surface area (Å²) < 4.78 is 16.9. The molecule has 0 atom stereocenters. The third-order valence-corrected chi connectivity index (χ3v) is 7.33. The van der Waals surface area contributed by atoms with Crippen LogP contribution < -0.4 is 25.9 Å². The average Bonchev–Trinajstić information content (AvgIpc) is 3.47. The minimum Gasteiger partial charge on any atom is -0.440 e. The van der Waals surface area contributed by atoms with Gasteiger partial charge in [0.2, 0.25) is 23.5 Å². The van der Waals surface area contributed by atoms with Crippen molar-refractivity contribution in [2.45, 2.75) is 0 Å². The number of fused-ring (bicyclic) bond motifs is 9. The zero-order valence-electron chi connectivity index (χ0n) is 19.4. The number of imidazole rings is 2. The smallest absolute Gasteiger partial charge is 0.265 e. The number of para-hydroxylation sites is 6. The number of benzene rings is 4. The summed E-state index contributed by atoms with van der Waals surface area (Å²) in [6.07, 6.45) is 0. The molecule has 0 saturated carbocycles. The molecule has 0 aliphatic carbocycles. The highest BCUT2D eigenvalue weighted by molar-refractivity contribution is 6.98. The molecule has 172 valence electrons. The van der Waals surface area contributed by atoms with E-state index in [2.05, 4.69) is 34.7 Å². The molecule has 7 nitrogen and oxygen atoms in total. The molecule has 0 saturated heterocycles. The molecule has 0 radical (unpaired) electrons. The van der Waals surface area contributed by atoms with Crippen LogP contribution in [0.1, 0.15) is 0 Å². The number of nitrogens with zero attached hydrogens (tertiary/aromatic N) is 5. The summed E-state index contributed by atoms with van der Waals surface area (Å²) in [5.74, 6) is 3.78. The maximum absolute atomic E-state index is 6.39. The van der Waals surface area contributed by atoms with E-state index in [0.29, 0.717) is 17.7 Å². The van der Waals surface area contributed by atoms with E-state index in [0.717, 1.165) is 55.7 Å². The van der Waals surface area contributed by atoms with Crippen LogP contribution in [0.4, 0.5) is 0 Å². The van der Waals surface area contributed by atoms with E-state index in [9.17, 15) is 0 Å². The highest BCUT2D eigenvalue weighted by Gasteiger charge is 2.42. The summed E-state index contributed by atoms with van der Waals surface area (Å²) in [4.78, 5) is 14.9.